The maximum atomic E-state index is 12.5. The third-order valence-electron chi connectivity index (χ3n) is 7.62. The van der Waals surface area contributed by atoms with Crippen LogP contribution in [-0.2, 0) is 6.54 Å². The van der Waals surface area contributed by atoms with Crippen LogP contribution >= 0.6 is 0 Å². The lowest BCUT2D eigenvalue weighted by Gasteiger charge is -2.43. The van der Waals surface area contributed by atoms with Crippen LogP contribution in [0.5, 0.6) is 0 Å². The number of amides is 1. The molecule has 2 aromatic carbocycles. The molecule has 1 aromatic heterocycles. The highest BCUT2D eigenvalue weighted by molar-refractivity contribution is 5.94. The molecule has 2 saturated heterocycles. The second kappa shape index (κ2) is 11.0. The van der Waals surface area contributed by atoms with E-state index >= 15 is 0 Å². The minimum Gasteiger partial charge on any atom is -0.371 e. The molecule has 35 heavy (non-hydrogen) atoms. The van der Waals surface area contributed by atoms with Crippen LogP contribution in [0.15, 0.2) is 73.1 Å². The van der Waals surface area contributed by atoms with Crippen molar-refractivity contribution in [2.75, 3.05) is 31.1 Å². The highest BCUT2D eigenvalue weighted by Gasteiger charge is 2.29. The largest absolute Gasteiger partial charge is 0.371 e. The van der Waals surface area contributed by atoms with Crippen molar-refractivity contribution in [3.63, 3.8) is 0 Å². The molecule has 1 atom stereocenters. The van der Waals surface area contributed by atoms with Gasteiger partial charge in [-0.05, 0) is 86.5 Å². The predicted molar refractivity (Wildman–Crippen MR) is 142 cm³/mol. The van der Waals surface area contributed by atoms with Crippen LogP contribution in [0.1, 0.15) is 58.6 Å². The molecule has 182 valence electrons. The van der Waals surface area contributed by atoms with E-state index in [-0.39, 0.29) is 5.91 Å². The zero-order valence-corrected chi connectivity index (χ0v) is 20.7. The van der Waals surface area contributed by atoms with Crippen LogP contribution < -0.4 is 10.2 Å². The van der Waals surface area contributed by atoms with Crippen LogP contribution in [0.3, 0.4) is 0 Å². The van der Waals surface area contributed by atoms with Gasteiger partial charge < -0.3 is 10.2 Å². The standard InChI is InChI=1S/C30H36N4O/c1-23-5-2-7-26(19-23)27-8-4-16-34(22-27)29-13-17-33(18-14-29)28-11-9-25(10-12-28)30(35)32-21-24-6-3-15-31-20-24/h2-3,5-7,9-12,15,19-20,27,29H,4,8,13-14,16-18,21-22H2,1H3,(H,32,35)/t27-/m0/s1. The molecule has 3 aromatic rings. The molecular formula is C30H36N4O. The Hall–Kier alpha value is -3.18. The summed E-state index contributed by atoms with van der Waals surface area (Å²) in [6, 6.07) is 21.7. The summed E-state index contributed by atoms with van der Waals surface area (Å²) in [5, 5.41) is 2.98. The zero-order chi connectivity index (χ0) is 24.0. The number of carbonyl (C=O) groups is 1. The van der Waals surface area contributed by atoms with E-state index in [2.05, 4.69) is 63.4 Å². The lowest BCUT2D eigenvalue weighted by Crippen LogP contribution is -2.48. The van der Waals surface area contributed by atoms with Crippen molar-refractivity contribution in [3.8, 4) is 0 Å². The van der Waals surface area contributed by atoms with Gasteiger partial charge in [-0.2, -0.15) is 0 Å². The molecule has 0 saturated carbocycles. The van der Waals surface area contributed by atoms with Gasteiger partial charge in [0.2, 0.25) is 0 Å². The van der Waals surface area contributed by atoms with Gasteiger partial charge >= 0.3 is 0 Å². The van der Waals surface area contributed by atoms with E-state index in [1.54, 1.807) is 12.4 Å². The Morgan fingerprint density at radius 1 is 1.00 bits per heavy atom. The summed E-state index contributed by atoms with van der Waals surface area (Å²) in [6.45, 7) is 7.25. The first-order valence-electron chi connectivity index (χ1n) is 13.0. The summed E-state index contributed by atoms with van der Waals surface area (Å²) >= 11 is 0. The molecule has 2 fully saturated rings. The van der Waals surface area contributed by atoms with Gasteiger partial charge in [0, 0.05) is 55.9 Å². The molecule has 2 aliphatic rings. The number of hydrogen-bond acceptors (Lipinski definition) is 4. The summed E-state index contributed by atoms with van der Waals surface area (Å²) < 4.78 is 0. The summed E-state index contributed by atoms with van der Waals surface area (Å²) in [4.78, 5) is 21.8. The van der Waals surface area contributed by atoms with Gasteiger partial charge in [0.05, 0.1) is 0 Å². The molecular weight excluding hydrogens is 432 g/mol. The van der Waals surface area contributed by atoms with E-state index in [4.69, 9.17) is 0 Å². The number of aromatic nitrogens is 1. The fourth-order valence-corrected chi connectivity index (χ4v) is 5.63. The van der Waals surface area contributed by atoms with Gasteiger partial charge in [-0.3, -0.25) is 14.7 Å². The van der Waals surface area contributed by atoms with E-state index in [1.807, 2.05) is 24.3 Å². The first kappa shape index (κ1) is 23.6. The maximum Gasteiger partial charge on any atom is 0.251 e. The average molecular weight is 469 g/mol. The molecule has 0 radical (unpaired) electrons. The van der Waals surface area contributed by atoms with Gasteiger partial charge in [-0.1, -0.05) is 35.9 Å². The number of likely N-dealkylation sites (tertiary alicyclic amines) is 1. The number of benzene rings is 2. The third kappa shape index (κ3) is 5.91. The quantitative estimate of drug-likeness (QED) is 0.542. The van der Waals surface area contributed by atoms with E-state index in [1.165, 1.54) is 55.6 Å². The van der Waals surface area contributed by atoms with E-state index in [9.17, 15) is 4.79 Å². The lowest BCUT2D eigenvalue weighted by molar-refractivity contribution is 0.0951. The number of hydrogen-bond donors (Lipinski definition) is 1. The van der Waals surface area contributed by atoms with Crippen LogP contribution in [0.25, 0.3) is 0 Å². The maximum absolute atomic E-state index is 12.5. The SMILES string of the molecule is Cc1cccc([C@H]2CCCN(C3CCN(c4ccc(C(=O)NCc5cccnc5)cc4)CC3)C2)c1. The van der Waals surface area contributed by atoms with Crippen molar-refractivity contribution in [1.29, 1.82) is 0 Å². The Labute approximate surface area is 209 Å². The smallest absolute Gasteiger partial charge is 0.251 e. The normalized spacial score (nSPS) is 19.5. The Kier molecular flexibility index (Phi) is 7.43. The average Bonchev–Trinajstić information content (AvgIpc) is 2.92. The van der Waals surface area contributed by atoms with Crippen molar-refractivity contribution in [2.24, 2.45) is 0 Å². The summed E-state index contributed by atoms with van der Waals surface area (Å²) in [5.41, 5.74) is 5.78. The van der Waals surface area contributed by atoms with Crippen molar-refractivity contribution in [1.82, 2.24) is 15.2 Å². The molecule has 0 bridgehead atoms. The topological polar surface area (TPSA) is 48.5 Å². The Morgan fingerprint density at radius 3 is 2.57 bits per heavy atom. The fourth-order valence-electron chi connectivity index (χ4n) is 5.63. The minimum absolute atomic E-state index is 0.0487. The number of rotatable bonds is 6. The minimum atomic E-state index is -0.0487. The van der Waals surface area contributed by atoms with E-state index in [0.717, 1.165) is 18.7 Å². The first-order valence-corrected chi connectivity index (χ1v) is 13.0. The molecule has 5 heteroatoms. The number of nitrogens with zero attached hydrogens (tertiary/aromatic N) is 3. The summed E-state index contributed by atoms with van der Waals surface area (Å²) in [7, 11) is 0. The zero-order valence-electron chi connectivity index (χ0n) is 20.7. The number of aryl methyl sites for hydroxylation is 1. The fraction of sp³-hybridized carbons (Fsp3) is 0.400. The number of carbonyl (C=O) groups excluding carboxylic acids is 1. The van der Waals surface area contributed by atoms with Crippen LogP contribution in [-0.4, -0.2) is 48.0 Å². The highest BCUT2D eigenvalue weighted by Crippen LogP contribution is 2.31. The molecule has 5 nitrogen and oxygen atoms in total. The Morgan fingerprint density at radius 2 is 1.83 bits per heavy atom. The molecule has 3 heterocycles. The number of anilines is 1. The number of piperidine rings is 2. The Balaban J connectivity index is 1.12. The first-order chi connectivity index (χ1) is 17.2. The molecule has 0 unspecified atom stereocenters. The van der Waals surface area contributed by atoms with Crippen LogP contribution in [0.2, 0.25) is 0 Å². The van der Waals surface area contributed by atoms with Crippen molar-refractivity contribution < 1.29 is 4.79 Å². The predicted octanol–water partition coefficient (Wildman–Crippen LogP) is 5.17. The van der Waals surface area contributed by atoms with Crippen molar-refractivity contribution in [3.05, 3.63) is 95.3 Å². The van der Waals surface area contributed by atoms with Crippen LogP contribution in [0, 0.1) is 6.92 Å². The second-order valence-electron chi connectivity index (χ2n) is 10.1. The van der Waals surface area contributed by atoms with Gasteiger partial charge in [0.1, 0.15) is 0 Å². The van der Waals surface area contributed by atoms with Gasteiger partial charge in [-0.15, -0.1) is 0 Å². The summed E-state index contributed by atoms with van der Waals surface area (Å²) in [6.07, 6.45) is 8.52. The van der Waals surface area contributed by atoms with Crippen molar-refractivity contribution in [2.45, 2.75) is 51.1 Å². The van der Waals surface area contributed by atoms with Crippen molar-refractivity contribution >= 4 is 11.6 Å². The molecule has 1 amide bonds. The monoisotopic (exact) mass is 468 g/mol. The second-order valence-corrected chi connectivity index (χ2v) is 10.1. The van der Waals surface area contributed by atoms with Gasteiger partial charge in [-0.25, -0.2) is 0 Å². The summed E-state index contributed by atoms with van der Waals surface area (Å²) in [5.74, 6) is 0.617. The highest BCUT2D eigenvalue weighted by atomic mass is 16.1. The number of nitrogens with one attached hydrogen (secondary N) is 1. The van der Waals surface area contributed by atoms with Gasteiger partial charge in [0.25, 0.3) is 5.91 Å². The van der Waals surface area contributed by atoms with E-state index in [0.29, 0.717) is 24.1 Å². The molecule has 0 spiro atoms. The van der Waals surface area contributed by atoms with Gasteiger partial charge in [0.15, 0.2) is 0 Å². The van der Waals surface area contributed by atoms with E-state index < -0.39 is 0 Å². The third-order valence-corrected chi connectivity index (χ3v) is 7.62. The lowest BCUT2D eigenvalue weighted by atomic mass is 9.88. The van der Waals surface area contributed by atoms with Crippen LogP contribution in [0.4, 0.5) is 5.69 Å². The molecule has 1 N–H and O–H groups in total. The molecule has 2 aliphatic heterocycles. The number of pyridine rings is 1. The molecule has 0 aliphatic carbocycles. The Bertz CT molecular complexity index is 1110. The molecule has 5 rings (SSSR count).